The molecule has 10 heteroatoms. The van der Waals surface area contributed by atoms with E-state index >= 15 is 0 Å². The van der Waals surface area contributed by atoms with Gasteiger partial charge in [0.2, 0.25) is 5.91 Å². The Hall–Kier alpha value is -4.57. The molecule has 3 rings (SSSR count). The van der Waals surface area contributed by atoms with Crippen molar-refractivity contribution in [3.63, 3.8) is 0 Å². The number of methoxy groups -OCH3 is 2. The van der Waals surface area contributed by atoms with Gasteiger partial charge in [0.05, 0.1) is 25.9 Å². The van der Waals surface area contributed by atoms with Crippen LogP contribution in [-0.2, 0) is 14.3 Å². The highest BCUT2D eigenvalue weighted by atomic mass is 16.6. The van der Waals surface area contributed by atoms with E-state index in [1.54, 1.807) is 66.7 Å². The van der Waals surface area contributed by atoms with E-state index in [0.29, 0.717) is 40.7 Å². The monoisotopic (exact) mass is 492 g/mol. The highest BCUT2D eigenvalue weighted by Crippen LogP contribution is 2.24. The molecule has 0 bridgehead atoms. The smallest absolute Gasteiger partial charge is 0.411 e. The van der Waals surface area contributed by atoms with Crippen molar-refractivity contribution in [3.05, 3.63) is 78.4 Å². The zero-order chi connectivity index (χ0) is 25.8. The molecule has 0 unspecified atom stereocenters. The average Bonchev–Trinajstić information content (AvgIpc) is 2.88. The molecule has 0 radical (unpaired) electrons. The first kappa shape index (κ1) is 26.0. The number of nitrogens with one attached hydrogen (secondary N) is 4. The van der Waals surface area contributed by atoms with Crippen molar-refractivity contribution in [3.8, 4) is 5.75 Å². The molecule has 0 saturated heterocycles. The molecule has 0 aliphatic rings. The van der Waals surface area contributed by atoms with Gasteiger partial charge in [0, 0.05) is 29.7 Å². The molecular formula is C26H28N4O6. The summed E-state index contributed by atoms with van der Waals surface area (Å²) in [6, 6.07) is 20.5. The Balaban J connectivity index is 1.48. The lowest BCUT2D eigenvalue weighted by Crippen LogP contribution is -2.22. The second-order valence-corrected chi connectivity index (χ2v) is 7.47. The van der Waals surface area contributed by atoms with E-state index in [-0.39, 0.29) is 25.0 Å². The lowest BCUT2D eigenvalue weighted by Gasteiger charge is -2.11. The minimum absolute atomic E-state index is 0.00220. The highest BCUT2D eigenvalue weighted by molar-refractivity contribution is 6.05. The average molecular weight is 493 g/mol. The van der Waals surface area contributed by atoms with Gasteiger partial charge >= 0.3 is 6.09 Å². The van der Waals surface area contributed by atoms with E-state index in [1.165, 1.54) is 14.2 Å². The summed E-state index contributed by atoms with van der Waals surface area (Å²) in [5.74, 6) is -0.0146. The summed E-state index contributed by atoms with van der Waals surface area (Å²) in [6.07, 6.45) is -0.595. The van der Waals surface area contributed by atoms with Crippen molar-refractivity contribution in [1.29, 1.82) is 0 Å². The van der Waals surface area contributed by atoms with Crippen LogP contribution in [0.15, 0.2) is 72.8 Å². The number of hydrogen-bond donors (Lipinski definition) is 4. The Morgan fingerprint density at radius 1 is 0.750 bits per heavy atom. The van der Waals surface area contributed by atoms with E-state index < -0.39 is 6.09 Å². The third-order valence-corrected chi connectivity index (χ3v) is 4.87. The predicted molar refractivity (Wildman–Crippen MR) is 138 cm³/mol. The molecule has 0 heterocycles. The first-order valence-corrected chi connectivity index (χ1v) is 11.1. The second kappa shape index (κ2) is 13.4. The van der Waals surface area contributed by atoms with Crippen LogP contribution in [0.25, 0.3) is 0 Å². The normalized spacial score (nSPS) is 10.2. The third kappa shape index (κ3) is 8.03. The molecule has 0 fully saturated rings. The summed E-state index contributed by atoms with van der Waals surface area (Å²) in [7, 11) is 3.05. The molecule has 3 aromatic rings. The molecule has 0 saturated carbocycles. The fourth-order valence-corrected chi connectivity index (χ4v) is 3.11. The standard InChI is InChI=1S/C26H28N4O6/c1-34-14-15-36-26(33)29-21-7-5-6-20(16-21)27-17-24(31)28-19-12-10-18(11-13-19)25(32)30-22-8-3-4-9-23(22)35-2/h3-13,16,27H,14-15,17H2,1-2H3,(H,28,31)(H,29,33)(H,30,32). The maximum atomic E-state index is 12.5. The van der Waals surface area contributed by atoms with Gasteiger partial charge in [-0.1, -0.05) is 18.2 Å². The first-order chi connectivity index (χ1) is 17.5. The van der Waals surface area contributed by atoms with Crippen molar-refractivity contribution in [1.82, 2.24) is 0 Å². The zero-order valence-corrected chi connectivity index (χ0v) is 20.0. The highest BCUT2D eigenvalue weighted by Gasteiger charge is 2.10. The van der Waals surface area contributed by atoms with E-state index in [2.05, 4.69) is 21.3 Å². The van der Waals surface area contributed by atoms with E-state index in [4.69, 9.17) is 14.2 Å². The third-order valence-electron chi connectivity index (χ3n) is 4.87. The predicted octanol–water partition coefficient (Wildman–Crippen LogP) is 4.19. The van der Waals surface area contributed by atoms with Crippen LogP contribution >= 0.6 is 0 Å². The molecule has 3 aromatic carbocycles. The first-order valence-electron chi connectivity index (χ1n) is 11.1. The van der Waals surface area contributed by atoms with Crippen molar-refractivity contribution < 1.29 is 28.6 Å². The number of carbonyl (C=O) groups is 3. The number of rotatable bonds is 11. The van der Waals surface area contributed by atoms with E-state index in [0.717, 1.165) is 0 Å². The minimum Gasteiger partial charge on any atom is -0.495 e. The number of hydrogen-bond acceptors (Lipinski definition) is 7. The van der Waals surface area contributed by atoms with Gasteiger partial charge in [-0.05, 0) is 54.6 Å². The van der Waals surface area contributed by atoms with Gasteiger partial charge in [0.25, 0.3) is 5.91 Å². The number of amides is 3. The Morgan fingerprint density at radius 3 is 2.25 bits per heavy atom. The quantitative estimate of drug-likeness (QED) is 0.296. The Morgan fingerprint density at radius 2 is 1.50 bits per heavy atom. The summed E-state index contributed by atoms with van der Waals surface area (Å²) in [5, 5.41) is 11.2. The van der Waals surface area contributed by atoms with Crippen molar-refractivity contribution in [2.45, 2.75) is 0 Å². The van der Waals surface area contributed by atoms with Gasteiger partial charge in [0.15, 0.2) is 0 Å². The molecule has 4 N–H and O–H groups in total. The van der Waals surface area contributed by atoms with Crippen LogP contribution in [0.2, 0.25) is 0 Å². The molecule has 3 amide bonds. The van der Waals surface area contributed by atoms with Crippen molar-refractivity contribution in [2.24, 2.45) is 0 Å². The molecular weight excluding hydrogens is 464 g/mol. The summed E-state index contributed by atoms with van der Waals surface area (Å²) < 4.78 is 15.0. The second-order valence-electron chi connectivity index (χ2n) is 7.47. The lowest BCUT2D eigenvalue weighted by atomic mass is 10.2. The maximum Gasteiger partial charge on any atom is 0.411 e. The molecule has 0 atom stereocenters. The van der Waals surface area contributed by atoms with Crippen molar-refractivity contribution in [2.75, 3.05) is 55.2 Å². The number of benzene rings is 3. The topological polar surface area (TPSA) is 127 Å². The van der Waals surface area contributed by atoms with Crippen LogP contribution < -0.4 is 26.0 Å². The van der Waals surface area contributed by atoms with Crippen LogP contribution in [0.3, 0.4) is 0 Å². The molecule has 0 spiro atoms. The number of carbonyl (C=O) groups excluding carboxylic acids is 3. The Bertz CT molecular complexity index is 1180. The van der Waals surface area contributed by atoms with Gasteiger partial charge in [-0.3, -0.25) is 14.9 Å². The molecule has 188 valence electrons. The van der Waals surface area contributed by atoms with Gasteiger partial charge in [-0.25, -0.2) is 4.79 Å². The molecule has 36 heavy (non-hydrogen) atoms. The fraction of sp³-hybridized carbons (Fsp3) is 0.192. The Kier molecular flexibility index (Phi) is 9.66. The van der Waals surface area contributed by atoms with Gasteiger partial charge < -0.3 is 30.2 Å². The van der Waals surface area contributed by atoms with Crippen molar-refractivity contribution >= 4 is 40.7 Å². The number of ether oxygens (including phenoxy) is 3. The van der Waals surface area contributed by atoms with Gasteiger partial charge in [0.1, 0.15) is 12.4 Å². The summed E-state index contributed by atoms with van der Waals surface area (Å²) in [4.78, 5) is 36.6. The molecule has 0 aliphatic heterocycles. The van der Waals surface area contributed by atoms with Crippen LogP contribution in [0.1, 0.15) is 10.4 Å². The number of para-hydroxylation sites is 2. The van der Waals surface area contributed by atoms with E-state index in [9.17, 15) is 14.4 Å². The summed E-state index contributed by atoms with van der Waals surface area (Å²) in [5.41, 5.74) is 2.70. The van der Waals surface area contributed by atoms with E-state index in [1.807, 2.05) is 6.07 Å². The number of anilines is 4. The van der Waals surface area contributed by atoms with Gasteiger partial charge in [-0.2, -0.15) is 0 Å². The summed E-state index contributed by atoms with van der Waals surface area (Å²) in [6.45, 7) is 0.453. The van der Waals surface area contributed by atoms with Crippen LogP contribution in [0, 0.1) is 0 Å². The molecule has 0 aliphatic carbocycles. The molecule has 10 nitrogen and oxygen atoms in total. The van der Waals surface area contributed by atoms with Crippen LogP contribution in [0.5, 0.6) is 5.75 Å². The zero-order valence-electron chi connectivity index (χ0n) is 20.0. The SMILES string of the molecule is COCCOC(=O)Nc1cccc(NCC(=O)Nc2ccc(C(=O)Nc3ccccc3OC)cc2)c1. The minimum atomic E-state index is -0.595. The largest absolute Gasteiger partial charge is 0.495 e. The maximum absolute atomic E-state index is 12.5. The van der Waals surface area contributed by atoms with Gasteiger partial charge in [-0.15, -0.1) is 0 Å². The van der Waals surface area contributed by atoms with Crippen LogP contribution in [0.4, 0.5) is 27.5 Å². The summed E-state index contributed by atoms with van der Waals surface area (Å²) >= 11 is 0. The molecule has 0 aromatic heterocycles. The van der Waals surface area contributed by atoms with Crippen LogP contribution in [-0.4, -0.2) is 51.9 Å². The fourth-order valence-electron chi connectivity index (χ4n) is 3.11. The lowest BCUT2D eigenvalue weighted by molar-refractivity contribution is -0.114. The Labute approximate surface area is 208 Å².